The average molecular weight is 412 g/mol. The van der Waals surface area contributed by atoms with Gasteiger partial charge in [0.05, 0.1) is 16.5 Å². The lowest BCUT2D eigenvalue weighted by Crippen LogP contribution is -2.50. The summed E-state index contributed by atoms with van der Waals surface area (Å²) < 4.78 is 27.3. The highest BCUT2D eigenvalue weighted by molar-refractivity contribution is 7.89. The Labute approximate surface area is 172 Å². The molecule has 1 aliphatic rings. The lowest BCUT2D eigenvalue weighted by Gasteiger charge is -2.34. The normalized spacial score (nSPS) is 15.7. The minimum absolute atomic E-state index is 0.0419. The maximum atomic E-state index is 13.0. The molecule has 3 rings (SSSR count). The van der Waals surface area contributed by atoms with Crippen LogP contribution in [0.4, 0.5) is 0 Å². The van der Waals surface area contributed by atoms with Gasteiger partial charge in [0.2, 0.25) is 10.0 Å². The summed E-state index contributed by atoms with van der Waals surface area (Å²) in [6.07, 6.45) is 0. The maximum absolute atomic E-state index is 13.0. The Bertz CT molecular complexity index is 1020. The predicted molar refractivity (Wildman–Crippen MR) is 111 cm³/mol. The van der Waals surface area contributed by atoms with Crippen LogP contribution >= 0.6 is 0 Å². The molecule has 1 aliphatic heterocycles. The van der Waals surface area contributed by atoms with E-state index in [0.29, 0.717) is 24.2 Å². The van der Waals surface area contributed by atoms with E-state index in [1.807, 2.05) is 18.2 Å². The van der Waals surface area contributed by atoms with Gasteiger partial charge in [0.25, 0.3) is 5.91 Å². The van der Waals surface area contributed by atoms with E-state index in [2.05, 4.69) is 20.8 Å². The number of rotatable bonds is 3. The van der Waals surface area contributed by atoms with E-state index in [9.17, 15) is 13.2 Å². The number of benzene rings is 2. The maximum Gasteiger partial charge on any atom is 0.253 e. The highest BCUT2D eigenvalue weighted by Crippen LogP contribution is 2.25. The number of amides is 1. The van der Waals surface area contributed by atoms with Gasteiger partial charge in [0, 0.05) is 31.7 Å². The van der Waals surface area contributed by atoms with Crippen LogP contribution in [0.3, 0.4) is 0 Å². The first-order valence-corrected chi connectivity index (χ1v) is 11.0. The third kappa shape index (κ3) is 4.50. The van der Waals surface area contributed by atoms with Gasteiger partial charge >= 0.3 is 0 Å². The number of nitriles is 1. The summed E-state index contributed by atoms with van der Waals surface area (Å²) in [5.41, 5.74) is 2.03. The minimum Gasteiger partial charge on any atom is -0.336 e. The summed E-state index contributed by atoms with van der Waals surface area (Å²) in [7, 11) is -3.59. The van der Waals surface area contributed by atoms with Crippen LogP contribution < -0.4 is 0 Å². The Morgan fingerprint density at radius 3 is 1.97 bits per heavy atom. The zero-order valence-corrected chi connectivity index (χ0v) is 17.7. The van der Waals surface area contributed by atoms with Crippen LogP contribution in [0, 0.1) is 11.3 Å². The molecule has 1 saturated heterocycles. The van der Waals surface area contributed by atoms with E-state index in [1.165, 1.54) is 4.31 Å². The van der Waals surface area contributed by atoms with E-state index in [1.54, 1.807) is 41.3 Å². The second-order valence-electron chi connectivity index (χ2n) is 8.16. The smallest absolute Gasteiger partial charge is 0.253 e. The van der Waals surface area contributed by atoms with Gasteiger partial charge in [0.15, 0.2) is 0 Å². The lowest BCUT2D eigenvalue weighted by atomic mass is 9.87. The fraction of sp³-hybridized carbons (Fsp3) is 0.364. The number of piperazine rings is 1. The minimum atomic E-state index is -3.59. The molecule has 0 unspecified atom stereocenters. The van der Waals surface area contributed by atoms with Gasteiger partial charge in [-0.2, -0.15) is 9.57 Å². The molecular weight excluding hydrogens is 386 g/mol. The molecule has 7 heteroatoms. The van der Waals surface area contributed by atoms with Crippen molar-refractivity contribution in [3.63, 3.8) is 0 Å². The Hall–Kier alpha value is -2.69. The van der Waals surface area contributed by atoms with Crippen molar-refractivity contribution in [1.29, 1.82) is 5.26 Å². The summed E-state index contributed by atoms with van der Waals surface area (Å²) in [5.74, 6) is -0.152. The number of carbonyl (C=O) groups is 1. The topological polar surface area (TPSA) is 81.5 Å². The molecule has 0 bridgehead atoms. The highest BCUT2D eigenvalue weighted by atomic mass is 32.2. The van der Waals surface area contributed by atoms with Gasteiger partial charge in [-0.15, -0.1) is 0 Å². The predicted octanol–water partition coefficient (Wildman–Crippen LogP) is 3.00. The van der Waals surface area contributed by atoms with Crippen LogP contribution in [0.5, 0.6) is 0 Å². The van der Waals surface area contributed by atoms with Crippen LogP contribution in [0.25, 0.3) is 0 Å². The molecule has 29 heavy (non-hydrogen) atoms. The molecule has 0 aromatic heterocycles. The zero-order chi connectivity index (χ0) is 21.2. The first-order valence-electron chi connectivity index (χ1n) is 9.53. The summed E-state index contributed by atoms with van der Waals surface area (Å²) >= 11 is 0. The summed E-state index contributed by atoms with van der Waals surface area (Å²) in [6, 6.07) is 15.5. The van der Waals surface area contributed by atoms with E-state index in [-0.39, 0.29) is 29.3 Å². The summed E-state index contributed by atoms with van der Waals surface area (Å²) in [5, 5.41) is 8.86. The SMILES string of the molecule is CC(C)(C)c1ccc(S(=O)(=O)N2CCN(C(=O)c3ccc(C#N)cc3)CC2)cc1. The molecule has 0 radical (unpaired) electrons. The standard InChI is InChI=1S/C22H25N3O3S/c1-22(2,3)19-8-10-20(11-9-19)29(27,28)25-14-12-24(13-15-25)21(26)18-6-4-17(16-23)5-7-18/h4-11H,12-15H2,1-3H3. The van der Waals surface area contributed by atoms with Crippen LogP contribution in [-0.2, 0) is 15.4 Å². The number of hydrogen-bond donors (Lipinski definition) is 0. The van der Waals surface area contributed by atoms with Crippen molar-refractivity contribution in [3.8, 4) is 6.07 Å². The van der Waals surface area contributed by atoms with Crippen LogP contribution in [-0.4, -0.2) is 49.7 Å². The second-order valence-corrected chi connectivity index (χ2v) is 10.1. The molecular formula is C22H25N3O3S. The van der Waals surface area contributed by atoms with Crippen LogP contribution in [0.15, 0.2) is 53.4 Å². The molecule has 1 heterocycles. The molecule has 0 aliphatic carbocycles. The van der Waals surface area contributed by atoms with E-state index in [0.717, 1.165) is 5.56 Å². The van der Waals surface area contributed by atoms with Gasteiger partial charge in [0.1, 0.15) is 0 Å². The summed E-state index contributed by atoms with van der Waals surface area (Å²) in [6.45, 7) is 7.43. The van der Waals surface area contributed by atoms with Gasteiger partial charge < -0.3 is 4.90 Å². The summed E-state index contributed by atoms with van der Waals surface area (Å²) in [4.78, 5) is 14.6. The number of sulfonamides is 1. The molecule has 1 amide bonds. The van der Waals surface area contributed by atoms with Gasteiger partial charge in [-0.05, 0) is 47.4 Å². The van der Waals surface area contributed by atoms with Crippen molar-refractivity contribution in [3.05, 3.63) is 65.2 Å². The fourth-order valence-electron chi connectivity index (χ4n) is 3.28. The largest absolute Gasteiger partial charge is 0.336 e. The Morgan fingerprint density at radius 1 is 0.931 bits per heavy atom. The zero-order valence-electron chi connectivity index (χ0n) is 16.9. The molecule has 152 valence electrons. The Balaban J connectivity index is 1.67. The molecule has 2 aromatic rings. The van der Waals surface area contributed by atoms with Crippen molar-refractivity contribution in [1.82, 2.24) is 9.21 Å². The molecule has 0 saturated carbocycles. The van der Waals surface area contributed by atoms with E-state index < -0.39 is 10.0 Å². The molecule has 0 spiro atoms. The monoisotopic (exact) mass is 411 g/mol. The highest BCUT2D eigenvalue weighted by Gasteiger charge is 2.30. The molecule has 0 atom stereocenters. The Morgan fingerprint density at radius 2 is 1.48 bits per heavy atom. The molecule has 6 nitrogen and oxygen atoms in total. The quantitative estimate of drug-likeness (QED) is 0.777. The van der Waals surface area contributed by atoms with Crippen molar-refractivity contribution in [2.75, 3.05) is 26.2 Å². The molecule has 2 aromatic carbocycles. The van der Waals surface area contributed by atoms with Gasteiger partial charge in [-0.25, -0.2) is 8.42 Å². The van der Waals surface area contributed by atoms with Crippen molar-refractivity contribution in [2.45, 2.75) is 31.1 Å². The third-order valence-corrected chi connectivity index (χ3v) is 7.06. The second kappa shape index (κ2) is 7.97. The van der Waals surface area contributed by atoms with Gasteiger partial charge in [-0.3, -0.25) is 4.79 Å². The van der Waals surface area contributed by atoms with Crippen molar-refractivity contribution >= 4 is 15.9 Å². The average Bonchev–Trinajstić information content (AvgIpc) is 2.73. The number of hydrogen-bond acceptors (Lipinski definition) is 4. The van der Waals surface area contributed by atoms with Gasteiger partial charge in [-0.1, -0.05) is 32.9 Å². The first-order chi connectivity index (χ1) is 13.6. The van der Waals surface area contributed by atoms with E-state index in [4.69, 9.17) is 5.26 Å². The molecule has 0 N–H and O–H groups in total. The fourth-order valence-corrected chi connectivity index (χ4v) is 4.70. The first kappa shape index (κ1) is 21.0. The number of carbonyl (C=O) groups excluding carboxylic acids is 1. The Kier molecular flexibility index (Phi) is 5.78. The number of nitrogens with zero attached hydrogens (tertiary/aromatic N) is 3. The van der Waals surface area contributed by atoms with Crippen molar-refractivity contribution < 1.29 is 13.2 Å². The lowest BCUT2D eigenvalue weighted by molar-refractivity contribution is 0.0698. The van der Waals surface area contributed by atoms with Crippen LogP contribution in [0.2, 0.25) is 0 Å². The van der Waals surface area contributed by atoms with Crippen molar-refractivity contribution in [2.24, 2.45) is 0 Å². The van der Waals surface area contributed by atoms with E-state index >= 15 is 0 Å². The van der Waals surface area contributed by atoms with Crippen LogP contribution in [0.1, 0.15) is 42.3 Å². The third-order valence-electron chi connectivity index (χ3n) is 5.14. The molecule has 1 fully saturated rings.